The molecule has 1 heterocycles. The normalized spacial score (nSPS) is 11.9. The first-order valence-electron chi connectivity index (χ1n) is 5.81. The first kappa shape index (κ1) is 12.3. The Bertz CT molecular complexity index is 520. The van der Waals surface area contributed by atoms with Gasteiger partial charge in [0.25, 0.3) is 0 Å². The summed E-state index contributed by atoms with van der Waals surface area (Å²) in [5, 5.41) is 0. The summed E-state index contributed by atoms with van der Waals surface area (Å²) in [6.45, 7) is 1.87. The van der Waals surface area contributed by atoms with Gasteiger partial charge in [0.15, 0.2) is 5.78 Å². The first-order chi connectivity index (χ1) is 8.72. The van der Waals surface area contributed by atoms with Crippen LogP contribution in [-0.4, -0.2) is 17.9 Å². The molecule has 0 N–H and O–H groups in total. The predicted octanol–water partition coefficient (Wildman–Crippen LogP) is 3.08. The number of rotatable bonds is 4. The Balaban J connectivity index is 2.20. The first-order valence-corrected chi connectivity index (χ1v) is 5.81. The summed E-state index contributed by atoms with van der Waals surface area (Å²) in [5.74, 6) is 0.577. The second-order valence-corrected chi connectivity index (χ2v) is 4.07. The van der Waals surface area contributed by atoms with E-state index in [0.29, 0.717) is 5.56 Å². The quantitative estimate of drug-likeness (QED) is 0.772. The molecular weight excluding hydrogens is 226 g/mol. The molecule has 92 valence electrons. The molecule has 0 fully saturated rings. The van der Waals surface area contributed by atoms with Crippen molar-refractivity contribution in [2.24, 2.45) is 0 Å². The maximum Gasteiger partial charge on any atom is 0.171 e. The van der Waals surface area contributed by atoms with Gasteiger partial charge in [0.2, 0.25) is 0 Å². The van der Waals surface area contributed by atoms with Gasteiger partial charge in [-0.05, 0) is 43.3 Å². The summed E-state index contributed by atoms with van der Waals surface area (Å²) in [6.07, 6.45) is 1.70. The molecule has 0 radical (unpaired) electrons. The van der Waals surface area contributed by atoms with E-state index >= 15 is 0 Å². The molecular formula is C15H15NO2. The van der Waals surface area contributed by atoms with Crippen molar-refractivity contribution in [1.29, 1.82) is 0 Å². The highest BCUT2D eigenvalue weighted by Gasteiger charge is 2.17. The molecule has 0 spiro atoms. The Morgan fingerprint density at radius 3 is 2.44 bits per heavy atom. The number of ether oxygens (including phenoxy) is 1. The zero-order valence-corrected chi connectivity index (χ0v) is 10.5. The lowest BCUT2D eigenvalue weighted by molar-refractivity contribution is 0.0964. The van der Waals surface area contributed by atoms with Crippen molar-refractivity contribution in [3.8, 4) is 5.75 Å². The summed E-state index contributed by atoms with van der Waals surface area (Å²) in [5.41, 5.74) is 1.47. The summed E-state index contributed by atoms with van der Waals surface area (Å²) < 4.78 is 5.07. The lowest BCUT2D eigenvalue weighted by atomic mass is 9.96. The molecule has 3 heteroatoms. The molecule has 0 saturated heterocycles. The Labute approximate surface area is 106 Å². The molecule has 0 saturated carbocycles. The fourth-order valence-electron chi connectivity index (χ4n) is 1.77. The lowest BCUT2D eigenvalue weighted by Gasteiger charge is -2.10. The van der Waals surface area contributed by atoms with Crippen molar-refractivity contribution < 1.29 is 9.53 Å². The number of carbonyl (C=O) groups excluding carboxylic acids is 1. The van der Waals surface area contributed by atoms with E-state index in [9.17, 15) is 4.79 Å². The number of nitrogens with zero attached hydrogens (tertiary/aromatic N) is 1. The minimum absolute atomic E-state index is 0.0661. The van der Waals surface area contributed by atoms with E-state index in [1.807, 2.05) is 25.1 Å². The number of hydrogen-bond acceptors (Lipinski definition) is 3. The van der Waals surface area contributed by atoms with Crippen LogP contribution in [0.5, 0.6) is 5.75 Å². The summed E-state index contributed by atoms with van der Waals surface area (Å²) in [4.78, 5) is 16.5. The van der Waals surface area contributed by atoms with Gasteiger partial charge in [-0.1, -0.05) is 6.07 Å². The van der Waals surface area contributed by atoms with Gasteiger partial charge in [-0.15, -0.1) is 0 Å². The van der Waals surface area contributed by atoms with E-state index in [0.717, 1.165) is 11.4 Å². The number of ketones is 1. The average molecular weight is 241 g/mol. The molecule has 0 aliphatic rings. The SMILES string of the molecule is COc1ccc(C(=O)C(C)c2ccccn2)cc1. The van der Waals surface area contributed by atoms with Crippen molar-refractivity contribution in [2.45, 2.75) is 12.8 Å². The molecule has 1 atom stereocenters. The van der Waals surface area contributed by atoms with Crippen molar-refractivity contribution >= 4 is 5.78 Å². The highest BCUT2D eigenvalue weighted by Crippen LogP contribution is 2.20. The standard InChI is InChI=1S/C15H15NO2/c1-11(14-5-3-4-10-16-14)15(17)12-6-8-13(18-2)9-7-12/h3-11H,1-2H3. The third-order valence-corrected chi connectivity index (χ3v) is 2.90. The summed E-state index contributed by atoms with van der Waals surface area (Å²) in [6, 6.07) is 12.7. The highest BCUT2D eigenvalue weighted by atomic mass is 16.5. The molecule has 1 aromatic carbocycles. The van der Waals surface area contributed by atoms with E-state index in [1.165, 1.54) is 0 Å². The lowest BCUT2D eigenvalue weighted by Crippen LogP contribution is -2.10. The van der Waals surface area contributed by atoms with Gasteiger partial charge in [0.1, 0.15) is 5.75 Å². The highest BCUT2D eigenvalue weighted by molar-refractivity contribution is 6.00. The number of methoxy groups -OCH3 is 1. The Kier molecular flexibility index (Phi) is 3.72. The maximum atomic E-state index is 12.3. The summed E-state index contributed by atoms with van der Waals surface area (Å²) in [7, 11) is 1.60. The number of aromatic nitrogens is 1. The van der Waals surface area contributed by atoms with Gasteiger partial charge < -0.3 is 4.74 Å². The second kappa shape index (κ2) is 5.45. The zero-order valence-electron chi connectivity index (χ0n) is 10.5. The van der Waals surface area contributed by atoms with Crippen molar-refractivity contribution in [2.75, 3.05) is 7.11 Å². The maximum absolute atomic E-state index is 12.3. The van der Waals surface area contributed by atoms with Gasteiger partial charge in [-0.3, -0.25) is 9.78 Å². The van der Waals surface area contributed by atoms with Crippen molar-refractivity contribution in [3.05, 3.63) is 59.9 Å². The van der Waals surface area contributed by atoms with Crippen LogP contribution in [0.25, 0.3) is 0 Å². The predicted molar refractivity (Wildman–Crippen MR) is 70.0 cm³/mol. The van der Waals surface area contributed by atoms with Gasteiger partial charge in [0.05, 0.1) is 18.7 Å². The number of benzene rings is 1. The van der Waals surface area contributed by atoms with E-state index in [-0.39, 0.29) is 11.7 Å². The summed E-state index contributed by atoms with van der Waals surface area (Å²) >= 11 is 0. The topological polar surface area (TPSA) is 39.2 Å². The smallest absolute Gasteiger partial charge is 0.171 e. The molecule has 0 aliphatic carbocycles. The van der Waals surface area contributed by atoms with Gasteiger partial charge in [-0.25, -0.2) is 0 Å². The van der Waals surface area contributed by atoms with Gasteiger partial charge >= 0.3 is 0 Å². The molecule has 3 nitrogen and oxygen atoms in total. The van der Waals surface area contributed by atoms with Crippen LogP contribution in [0.3, 0.4) is 0 Å². The molecule has 1 aromatic heterocycles. The van der Waals surface area contributed by atoms with Crippen LogP contribution in [0.15, 0.2) is 48.7 Å². The monoisotopic (exact) mass is 241 g/mol. The number of Topliss-reactive ketones (excluding diaryl/α,β-unsaturated/α-hetero) is 1. The Morgan fingerprint density at radius 2 is 1.89 bits per heavy atom. The van der Waals surface area contributed by atoms with Crippen LogP contribution in [0.4, 0.5) is 0 Å². The number of hydrogen-bond donors (Lipinski definition) is 0. The van der Waals surface area contributed by atoms with Crippen LogP contribution in [-0.2, 0) is 0 Å². The second-order valence-electron chi connectivity index (χ2n) is 4.07. The number of pyridine rings is 1. The number of carbonyl (C=O) groups is 1. The molecule has 2 aromatic rings. The van der Waals surface area contributed by atoms with Crippen molar-refractivity contribution in [3.63, 3.8) is 0 Å². The van der Waals surface area contributed by atoms with Crippen molar-refractivity contribution in [1.82, 2.24) is 4.98 Å². The van der Waals surface area contributed by atoms with Crippen LogP contribution < -0.4 is 4.74 Å². The van der Waals surface area contributed by atoms with Gasteiger partial charge in [-0.2, -0.15) is 0 Å². The minimum Gasteiger partial charge on any atom is -0.497 e. The van der Waals surface area contributed by atoms with E-state index in [4.69, 9.17) is 4.74 Å². The van der Waals surface area contributed by atoms with E-state index < -0.39 is 0 Å². The zero-order chi connectivity index (χ0) is 13.0. The third kappa shape index (κ3) is 2.56. The largest absolute Gasteiger partial charge is 0.497 e. The van der Waals surface area contributed by atoms with Crippen LogP contribution in [0, 0.1) is 0 Å². The average Bonchev–Trinajstić information content (AvgIpc) is 2.47. The van der Waals surface area contributed by atoms with Crippen LogP contribution >= 0.6 is 0 Å². The van der Waals surface area contributed by atoms with E-state index in [2.05, 4.69) is 4.98 Å². The molecule has 2 rings (SSSR count). The molecule has 0 bridgehead atoms. The van der Waals surface area contributed by atoms with Gasteiger partial charge in [0, 0.05) is 11.8 Å². The Hall–Kier alpha value is -2.16. The fraction of sp³-hybridized carbons (Fsp3) is 0.200. The fourth-order valence-corrected chi connectivity index (χ4v) is 1.77. The minimum atomic E-state index is -0.236. The Morgan fingerprint density at radius 1 is 1.17 bits per heavy atom. The molecule has 1 unspecified atom stereocenters. The molecule has 0 aliphatic heterocycles. The molecule has 18 heavy (non-hydrogen) atoms. The van der Waals surface area contributed by atoms with E-state index in [1.54, 1.807) is 37.6 Å². The molecule has 0 amide bonds. The van der Waals surface area contributed by atoms with Crippen LogP contribution in [0.1, 0.15) is 28.9 Å². The van der Waals surface area contributed by atoms with Crippen LogP contribution in [0.2, 0.25) is 0 Å². The third-order valence-electron chi connectivity index (χ3n) is 2.90.